The monoisotopic (exact) mass is 483 g/mol. The molecule has 0 radical (unpaired) electrons. The van der Waals surface area contributed by atoms with Gasteiger partial charge in [0.15, 0.2) is 5.82 Å². The van der Waals surface area contributed by atoms with E-state index >= 15 is 0 Å². The van der Waals surface area contributed by atoms with E-state index in [9.17, 15) is 13.2 Å². The van der Waals surface area contributed by atoms with Crippen LogP contribution in [0, 0.1) is 6.92 Å². The van der Waals surface area contributed by atoms with Gasteiger partial charge in [-0.25, -0.2) is 19.7 Å². The Balaban J connectivity index is 0.000000344. The lowest BCUT2D eigenvalue weighted by molar-refractivity contribution is -0.192. The molecule has 5 rings (SSSR count). The molecule has 0 fully saturated rings. The molecular formula is C23H16F3N5O2S. The lowest BCUT2D eigenvalue weighted by Crippen LogP contribution is -2.21. The third-order valence-electron chi connectivity index (χ3n) is 4.54. The number of nitrogens with zero attached hydrogens (tertiary/aromatic N) is 4. The Hall–Kier alpha value is -4.12. The van der Waals surface area contributed by atoms with Crippen molar-refractivity contribution in [3.05, 3.63) is 72.0 Å². The molecule has 3 heterocycles. The normalized spacial score (nSPS) is 11.2. The second-order valence-electron chi connectivity index (χ2n) is 6.99. The zero-order valence-corrected chi connectivity index (χ0v) is 18.4. The predicted molar refractivity (Wildman–Crippen MR) is 124 cm³/mol. The maximum absolute atomic E-state index is 10.6. The number of hydrogen-bond donors (Lipinski definition) is 2. The quantitative estimate of drug-likeness (QED) is 0.325. The maximum atomic E-state index is 10.6. The van der Waals surface area contributed by atoms with Gasteiger partial charge in [0.1, 0.15) is 5.82 Å². The highest BCUT2D eigenvalue weighted by atomic mass is 32.1. The van der Waals surface area contributed by atoms with E-state index in [0.717, 1.165) is 43.2 Å². The van der Waals surface area contributed by atoms with Crippen molar-refractivity contribution >= 4 is 49.9 Å². The summed E-state index contributed by atoms with van der Waals surface area (Å²) in [6, 6.07) is 18.0. The van der Waals surface area contributed by atoms with Crippen molar-refractivity contribution in [2.75, 3.05) is 5.32 Å². The van der Waals surface area contributed by atoms with Gasteiger partial charge in [0.25, 0.3) is 0 Å². The van der Waals surface area contributed by atoms with Crippen LogP contribution in [0.3, 0.4) is 0 Å². The second-order valence-corrected chi connectivity index (χ2v) is 8.23. The van der Waals surface area contributed by atoms with Crippen molar-refractivity contribution in [3.8, 4) is 11.4 Å². The number of fused-ring (bicyclic) bond motifs is 2. The summed E-state index contributed by atoms with van der Waals surface area (Å²) in [5, 5.41) is 12.6. The Morgan fingerprint density at radius 1 is 0.971 bits per heavy atom. The number of carboxylic acid groups (broad SMARTS) is 1. The van der Waals surface area contributed by atoms with Crippen LogP contribution >= 0.6 is 11.3 Å². The number of aryl methyl sites for hydroxylation is 1. The van der Waals surface area contributed by atoms with Crippen LogP contribution in [0.25, 0.3) is 32.5 Å². The molecule has 0 saturated carbocycles. The zero-order valence-electron chi connectivity index (χ0n) is 17.5. The zero-order chi connectivity index (χ0) is 24.3. The van der Waals surface area contributed by atoms with Crippen molar-refractivity contribution in [3.63, 3.8) is 0 Å². The van der Waals surface area contributed by atoms with Crippen LogP contribution in [0.15, 0.2) is 67.0 Å². The summed E-state index contributed by atoms with van der Waals surface area (Å²) in [6.07, 6.45) is -1.58. The van der Waals surface area contributed by atoms with Crippen LogP contribution in [0.2, 0.25) is 0 Å². The number of carbonyl (C=O) groups is 1. The average Bonchev–Trinajstić information content (AvgIpc) is 3.18. The maximum Gasteiger partial charge on any atom is 0.490 e. The van der Waals surface area contributed by atoms with Crippen LogP contribution in [0.4, 0.5) is 24.7 Å². The lowest BCUT2D eigenvalue weighted by atomic mass is 10.2. The molecule has 34 heavy (non-hydrogen) atoms. The largest absolute Gasteiger partial charge is 0.490 e. The number of thiazole rings is 1. The Kier molecular flexibility index (Phi) is 6.37. The summed E-state index contributed by atoms with van der Waals surface area (Å²) in [5.74, 6) is -1.30. The summed E-state index contributed by atoms with van der Waals surface area (Å²) in [7, 11) is 0. The molecule has 11 heteroatoms. The van der Waals surface area contributed by atoms with E-state index in [0.29, 0.717) is 5.82 Å². The minimum atomic E-state index is -5.08. The number of aliphatic carboxylic acids is 1. The number of anilines is 2. The number of pyridine rings is 1. The first kappa shape index (κ1) is 23.1. The Bertz CT molecular complexity index is 1470. The number of alkyl halides is 3. The van der Waals surface area contributed by atoms with E-state index in [1.54, 1.807) is 23.7 Å². The van der Waals surface area contributed by atoms with E-state index in [4.69, 9.17) is 19.9 Å². The molecule has 0 amide bonds. The minimum absolute atomic E-state index is 0.674. The summed E-state index contributed by atoms with van der Waals surface area (Å²) in [5.41, 5.74) is 3.84. The highest BCUT2D eigenvalue weighted by Gasteiger charge is 2.38. The topological polar surface area (TPSA) is 101 Å². The van der Waals surface area contributed by atoms with Gasteiger partial charge in [0.2, 0.25) is 0 Å². The highest BCUT2D eigenvalue weighted by Crippen LogP contribution is 2.30. The van der Waals surface area contributed by atoms with Crippen LogP contribution < -0.4 is 5.32 Å². The number of benzene rings is 2. The van der Waals surface area contributed by atoms with Crippen molar-refractivity contribution in [2.45, 2.75) is 13.1 Å². The molecule has 2 aromatic carbocycles. The average molecular weight is 483 g/mol. The van der Waals surface area contributed by atoms with E-state index in [2.05, 4.69) is 21.4 Å². The fourth-order valence-corrected chi connectivity index (χ4v) is 3.92. The lowest BCUT2D eigenvalue weighted by Gasteiger charge is -2.11. The van der Waals surface area contributed by atoms with Crippen LogP contribution in [0.1, 0.15) is 5.01 Å². The van der Waals surface area contributed by atoms with E-state index in [1.807, 2.05) is 55.5 Å². The van der Waals surface area contributed by atoms with Gasteiger partial charge in [0, 0.05) is 29.0 Å². The van der Waals surface area contributed by atoms with Crippen molar-refractivity contribution in [2.24, 2.45) is 0 Å². The molecule has 0 bridgehead atoms. The third-order valence-corrected chi connectivity index (χ3v) is 5.48. The fraction of sp³-hybridized carbons (Fsp3) is 0.0870. The van der Waals surface area contributed by atoms with Gasteiger partial charge in [-0.1, -0.05) is 12.1 Å². The number of aromatic nitrogens is 4. The summed E-state index contributed by atoms with van der Waals surface area (Å²) in [4.78, 5) is 27.0. The van der Waals surface area contributed by atoms with Gasteiger partial charge < -0.3 is 10.4 Å². The van der Waals surface area contributed by atoms with E-state index in [1.165, 1.54) is 0 Å². The molecule has 0 aliphatic carbocycles. The molecule has 172 valence electrons. The van der Waals surface area contributed by atoms with Crippen molar-refractivity contribution < 1.29 is 23.1 Å². The summed E-state index contributed by atoms with van der Waals surface area (Å²) < 4.78 is 32.9. The molecule has 7 nitrogen and oxygen atoms in total. The standard InChI is InChI=1S/C21H15N5S.C2HF3O2/c1-13-23-18-7-6-15(12-19(18)27-13)24-21-16-4-2-3-5-17(16)25-20(26-21)14-8-10-22-11-9-14;3-2(4,5)1(6)7/h2-12H,1H3,(H,24,25,26);(H,6,7). The number of hydrogen-bond acceptors (Lipinski definition) is 7. The third kappa shape index (κ3) is 5.26. The van der Waals surface area contributed by atoms with E-state index < -0.39 is 12.1 Å². The van der Waals surface area contributed by atoms with Gasteiger partial charge >= 0.3 is 12.1 Å². The molecule has 2 N–H and O–H groups in total. The number of carboxylic acids is 1. The van der Waals surface area contributed by atoms with Gasteiger partial charge in [-0.2, -0.15) is 13.2 Å². The predicted octanol–water partition coefficient (Wildman–Crippen LogP) is 5.99. The van der Waals surface area contributed by atoms with E-state index in [-0.39, 0.29) is 0 Å². The fourth-order valence-electron chi connectivity index (χ4n) is 3.06. The molecule has 0 spiro atoms. The number of para-hydroxylation sites is 1. The second kappa shape index (κ2) is 9.40. The first-order valence-electron chi connectivity index (χ1n) is 9.82. The smallest absolute Gasteiger partial charge is 0.475 e. The van der Waals surface area contributed by atoms with Gasteiger partial charge in [-0.15, -0.1) is 11.3 Å². The molecular weight excluding hydrogens is 467 g/mol. The molecule has 0 aliphatic rings. The molecule has 0 unspecified atom stereocenters. The van der Waals surface area contributed by atoms with Crippen LogP contribution in [0.5, 0.6) is 0 Å². The molecule has 3 aromatic heterocycles. The summed E-state index contributed by atoms with van der Waals surface area (Å²) >= 11 is 1.69. The molecule has 5 aromatic rings. The van der Waals surface area contributed by atoms with Gasteiger partial charge in [-0.3, -0.25) is 4.98 Å². The Morgan fingerprint density at radius 3 is 2.38 bits per heavy atom. The first-order chi connectivity index (χ1) is 16.2. The molecule has 0 aliphatic heterocycles. The SMILES string of the molecule is Cc1nc2ccc(Nc3nc(-c4ccncc4)nc4ccccc34)cc2s1.O=C(O)C(F)(F)F. The Labute approximate surface area is 195 Å². The summed E-state index contributed by atoms with van der Waals surface area (Å²) in [6.45, 7) is 2.02. The number of halogens is 3. The Morgan fingerprint density at radius 2 is 1.68 bits per heavy atom. The minimum Gasteiger partial charge on any atom is -0.475 e. The van der Waals surface area contributed by atoms with Crippen molar-refractivity contribution in [1.82, 2.24) is 19.9 Å². The van der Waals surface area contributed by atoms with Gasteiger partial charge in [0.05, 0.1) is 20.7 Å². The van der Waals surface area contributed by atoms with Crippen molar-refractivity contribution in [1.29, 1.82) is 0 Å². The molecule has 0 atom stereocenters. The first-order valence-corrected chi connectivity index (χ1v) is 10.6. The van der Waals surface area contributed by atoms with Gasteiger partial charge in [-0.05, 0) is 49.4 Å². The highest BCUT2D eigenvalue weighted by molar-refractivity contribution is 7.18. The van der Waals surface area contributed by atoms with Crippen LogP contribution in [-0.2, 0) is 4.79 Å². The number of nitrogens with one attached hydrogen (secondary N) is 1. The van der Waals surface area contributed by atoms with Crippen LogP contribution in [-0.4, -0.2) is 37.2 Å². The molecule has 0 saturated heterocycles. The number of rotatable bonds is 3.